The molecule has 7 heteroatoms. The second-order valence-corrected chi connectivity index (χ2v) is 5.53. The van der Waals surface area contributed by atoms with E-state index in [2.05, 4.69) is 4.72 Å². The Labute approximate surface area is 111 Å². The van der Waals surface area contributed by atoms with Gasteiger partial charge in [-0.2, -0.15) is 22.0 Å². The number of benzene rings is 1. The van der Waals surface area contributed by atoms with Crippen molar-refractivity contribution in [3.8, 4) is 0 Å². The van der Waals surface area contributed by atoms with Gasteiger partial charge < -0.3 is 0 Å². The first-order valence-electron chi connectivity index (χ1n) is 5.65. The van der Waals surface area contributed by atoms with Crippen LogP contribution in [0.15, 0.2) is 23.1 Å². The van der Waals surface area contributed by atoms with E-state index in [0.29, 0.717) is 10.5 Å². The zero-order chi connectivity index (χ0) is 14.3. The van der Waals surface area contributed by atoms with Gasteiger partial charge in [-0.3, -0.25) is 4.72 Å². The van der Waals surface area contributed by atoms with Gasteiger partial charge >= 0.3 is 12.1 Å². The van der Waals surface area contributed by atoms with Crippen molar-refractivity contribution in [2.45, 2.75) is 36.3 Å². The highest BCUT2D eigenvalue weighted by atomic mass is 32.2. The van der Waals surface area contributed by atoms with Crippen LogP contribution >= 0.6 is 11.9 Å². The number of aryl methyl sites for hydroxylation is 1. The van der Waals surface area contributed by atoms with Gasteiger partial charge in [-0.05, 0) is 30.5 Å². The normalized spacial score (nSPS) is 20.2. The Bertz CT molecular complexity index is 472. The van der Waals surface area contributed by atoms with Crippen LogP contribution in [0.1, 0.15) is 23.5 Å². The molecule has 0 aliphatic carbocycles. The van der Waals surface area contributed by atoms with Gasteiger partial charge in [0.2, 0.25) is 0 Å². The number of fused-ring (bicyclic) bond motifs is 1. The van der Waals surface area contributed by atoms with Crippen molar-refractivity contribution in [1.29, 1.82) is 0 Å². The van der Waals surface area contributed by atoms with Crippen LogP contribution in [0.3, 0.4) is 0 Å². The molecule has 1 atom stereocenters. The molecule has 1 aliphatic rings. The van der Waals surface area contributed by atoms with Crippen LogP contribution < -0.4 is 4.72 Å². The molecule has 1 aromatic rings. The number of halogens is 5. The maximum absolute atomic E-state index is 13.2. The molecule has 1 aliphatic heterocycles. The van der Waals surface area contributed by atoms with Crippen molar-refractivity contribution < 1.29 is 22.0 Å². The Balaban J connectivity index is 2.27. The fraction of sp³-hybridized carbons (Fsp3) is 0.500. The predicted molar refractivity (Wildman–Crippen MR) is 63.4 cm³/mol. The van der Waals surface area contributed by atoms with E-state index < -0.39 is 24.4 Å². The average molecular weight is 297 g/mol. The highest BCUT2D eigenvalue weighted by Gasteiger charge is 2.58. The third-order valence-corrected chi connectivity index (χ3v) is 3.94. The molecule has 106 valence electrons. The van der Waals surface area contributed by atoms with Crippen molar-refractivity contribution in [2.75, 3.05) is 6.54 Å². The molecule has 1 heterocycles. The van der Waals surface area contributed by atoms with Crippen LogP contribution in [0.5, 0.6) is 0 Å². The zero-order valence-corrected chi connectivity index (χ0v) is 10.8. The molecule has 1 unspecified atom stereocenters. The lowest BCUT2D eigenvalue weighted by atomic mass is 9.91. The average Bonchev–Trinajstić information content (AvgIpc) is 2.28. The van der Waals surface area contributed by atoms with Crippen LogP contribution in [0.4, 0.5) is 22.0 Å². The quantitative estimate of drug-likeness (QED) is 0.646. The number of hydrogen-bond acceptors (Lipinski definition) is 2. The Morgan fingerprint density at radius 2 is 1.95 bits per heavy atom. The lowest BCUT2D eigenvalue weighted by molar-refractivity contribution is -0.285. The van der Waals surface area contributed by atoms with E-state index in [1.165, 1.54) is 11.9 Å². The van der Waals surface area contributed by atoms with Crippen molar-refractivity contribution >= 4 is 11.9 Å². The first-order valence-corrected chi connectivity index (χ1v) is 6.47. The summed E-state index contributed by atoms with van der Waals surface area (Å²) in [6, 6.07) is 5.22. The monoisotopic (exact) mass is 297 g/mol. The van der Waals surface area contributed by atoms with Gasteiger partial charge in [0.25, 0.3) is 0 Å². The molecule has 0 aromatic heterocycles. The summed E-state index contributed by atoms with van der Waals surface area (Å²) in [6.45, 7) is 1.89. The summed E-state index contributed by atoms with van der Waals surface area (Å²) < 4.78 is 65.9. The number of hydrogen-bond donors (Lipinski definition) is 1. The lowest BCUT2D eigenvalue weighted by Gasteiger charge is -2.30. The standard InChI is InChI=1S/C12H12F5NS/c1-7-2-3-10-9(4-7)8(6-18-19-10)5-11(13,14)12(15,16)17/h2-4,8,18H,5-6H2,1H3. The van der Waals surface area contributed by atoms with Gasteiger partial charge in [0.1, 0.15) is 0 Å². The van der Waals surface area contributed by atoms with Crippen molar-refractivity contribution in [3.63, 3.8) is 0 Å². The maximum Gasteiger partial charge on any atom is 0.453 e. The molecule has 0 bridgehead atoms. The van der Waals surface area contributed by atoms with Gasteiger partial charge in [0.15, 0.2) is 0 Å². The molecule has 0 fully saturated rings. The highest BCUT2D eigenvalue weighted by molar-refractivity contribution is 7.97. The van der Waals surface area contributed by atoms with Gasteiger partial charge in [0, 0.05) is 23.8 Å². The summed E-state index contributed by atoms with van der Waals surface area (Å²) in [4.78, 5) is 0.708. The van der Waals surface area contributed by atoms with E-state index in [0.717, 1.165) is 5.56 Å². The summed E-state index contributed by atoms with van der Waals surface area (Å²) in [5, 5.41) is 0. The molecule has 0 saturated heterocycles. The van der Waals surface area contributed by atoms with E-state index in [1.807, 2.05) is 0 Å². The smallest absolute Gasteiger partial charge is 0.259 e. The molecule has 2 rings (SSSR count). The van der Waals surface area contributed by atoms with Crippen LogP contribution in [0, 0.1) is 6.92 Å². The van der Waals surface area contributed by atoms with E-state index in [-0.39, 0.29) is 6.54 Å². The van der Waals surface area contributed by atoms with Gasteiger partial charge in [-0.1, -0.05) is 17.7 Å². The van der Waals surface area contributed by atoms with Crippen LogP contribution in [0.2, 0.25) is 0 Å². The topological polar surface area (TPSA) is 12.0 Å². The Hall–Kier alpha value is -0.820. The Morgan fingerprint density at radius 3 is 2.58 bits per heavy atom. The molecule has 19 heavy (non-hydrogen) atoms. The van der Waals surface area contributed by atoms with Gasteiger partial charge in [0.05, 0.1) is 0 Å². The summed E-state index contributed by atoms with van der Waals surface area (Å²) in [5.74, 6) is -5.50. The summed E-state index contributed by atoms with van der Waals surface area (Å²) in [5.41, 5.74) is 1.41. The maximum atomic E-state index is 13.2. The van der Waals surface area contributed by atoms with E-state index >= 15 is 0 Å². The first kappa shape index (κ1) is 14.6. The summed E-state index contributed by atoms with van der Waals surface area (Å²) in [6.07, 6.45) is -6.72. The SMILES string of the molecule is Cc1ccc2c(c1)C(CC(F)(F)C(F)(F)F)CNS2. The minimum Gasteiger partial charge on any atom is -0.259 e. The summed E-state index contributed by atoms with van der Waals surface area (Å²) in [7, 11) is 0. The molecule has 0 radical (unpaired) electrons. The third kappa shape index (κ3) is 3.02. The Morgan fingerprint density at radius 1 is 1.26 bits per heavy atom. The minimum absolute atomic E-state index is 0.104. The largest absolute Gasteiger partial charge is 0.453 e. The van der Waals surface area contributed by atoms with Gasteiger partial charge in [-0.15, -0.1) is 0 Å². The molecule has 0 spiro atoms. The van der Waals surface area contributed by atoms with E-state index in [1.54, 1.807) is 25.1 Å². The van der Waals surface area contributed by atoms with E-state index in [9.17, 15) is 22.0 Å². The molecule has 1 N–H and O–H groups in total. The third-order valence-electron chi connectivity index (χ3n) is 3.03. The fourth-order valence-corrected chi connectivity index (χ4v) is 2.94. The molecule has 1 aromatic carbocycles. The number of nitrogens with one attached hydrogen (secondary N) is 1. The van der Waals surface area contributed by atoms with Crippen LogP contribution in [-0.4, -0.2) is 18.6 Å². The minimum atomic E-state index is -5.50. The molecule has 0 saturated carbocycles. The zero-order valence-electron chi connectivity index (χ0n) is 10.0. The van der Waals surface area contributed by atoms with Crippen molar-refractivity contribution in [1.82, 2.24) is 4.72 Å². The summed E-state index contributed by atoms with van der Waals surface area (Å²) >= 11 is 1.26. The molecular formula is C12H12F5NS. The fourth-order valence-electron chi connectivity index (χ4n) is 2.02. The van der Waals surface area contributed by atoms with E-state index in [4.69, 9.17) is 0 Å². The van der Waals surface area contributed by atoms with Crippen molar-refractivity contribution in [3.05, 3.63) is 29.3 Å². The van der Waals surface area contributed by atoms with Gasteiger partial charge in [-0.25, -0.2) is 0 Å². The Kier molecular flexibility index (Phi) is 3.79. The highest BCUT2D eigenvalue weighted by Crippen LogP contribution is 2.44. The number of alkyl halides is 5. The second kappa shape index (κ2) is 4.94. The lowest BCUT2D eigenvalue weighted by Crippen LogP contribution is -2.39. The second-order valence-electron chi connectivity index (χ2n) is 4.60. The molecular weight excluding hydrogens is 285 g/mol. The molecule has 1 nitrogen and oxygen atoms in total. The first-order chi connectivity index (χ1) is 8.71. The number of rotatable bonds is 2. The van der Waals surface area contributed by atoms with Crippen LogP contribution in [0.25, 0.3) is 0 Å². The van der Waals surface area contributed by atoms with Crippen molar-refractivity contribution in [2.24, 2.45) is 0 Å². The molecule has 0 amide bonds. The predicted octanol–water partition coefficient (Wildman–Crippen LogP) is 4.28. The van der Waals surface area contributed by atoms with Crippen LogP contribution in [-0.2, 0) is 0 Å².